The molecule has 0 unspecified atom stereocenters. The maximum Gasteiger partial charge on any atom is 0.228 e. The second kappa shape index (κ2) is 8.29. The largest absolute Gasteiger partial charge is 0.490 e. The first-order valence-electron chi connectivity index (χ1n) is 8.71. The summed E-state index contributed by atoms with van der Waals surface area (Å²) >= 11 is 0. The van der Waals surface area contributed by atoms with E-state index in [0.717, 1.165) is 5.56 Å². The molecule has 6 nitrogen and oxygen atoms in total. The van der Waals surface area contributed by atoms with Crippen molar-refractivity contribution in [2.24, 2.45) is 0 Å². The molecule has 1 aromatic carbocycles. The van der Waals surface area contributed by atoms with Gasteiger partial charge in [0, 0.05) is 18.4 Å². The Balaban J connectivity index is 1.61. The van der Waals surface area contributed by atoms with E-state index < -0.39 is 5.60 Å². The van der Waals surface area contributed by atoms with Gasteiger partial charge in [0.05, 0.1) is 26.2 Å². The first kappa shape index (κ1) is 18.4. The lowest BCUT2D eigenvalue weighted by Crippen LogP contribution is -2.50. The third-order valence-electron chi connectivity index (χ3n) is 4.30. The second-order valence-corrected chi connectivity index (χ2v) is 6.69. The molecule has 26 heavy (non-hydrogen) atoms. The molecule has 6 heteroatoms. The van der Waals surface area contributed by atoms with Gasteiger partial charge in [0.1, 0.15) is 18.0 Å². The Morgan fingerprint density at radius 1 is 1.31 bits per heavy atom. The van der Waals surface area contributed by atoms with Crippen molar-refractivity contribution in [1.29, 1.82) is 0 Å². The van der Waals surface area contributed by atoms with Gasteiger partial charge in [0.2, 0.25) is 5.91 Å². The molecule has 3 rings (SSSR count). The highest BCUT2D eigenvalue weighted by Crippen LogP contribution is 2.18. The van der Waals surface area contributed by atoms with Crippen molar-refractivity contribution in [1.82, 2.24) is 9.88 Å². The molecule has 1 fully saturated rings. The van der Waals surface area contributed by atoms with Crippen LogP contribution in [0.15, 0.2) is 48.7 Å². The zero-order valence-corrected chi connectivity index (χ0v) is 14.9. The van der Waals surface area contributed by atoms with Gasteiger partial charge >= 0.3 is 0 Å². The van der Waals surface area contributed by atoms with Crippen LogP contribution in [0, 0.1) is 6.92 Å². The van der Waals surface area contributed by atoms with Gasteiger partial charge in [-0.2, -0.15) is 0 Å². The molecule has 1 saturated heterocycles. The third kappa shape index (κ3) is 5.03. The van der Waals surface area contributed by atoms with Crippen LogP contribution in [0.3, 0.4) is 0 Å². The SMILES string of the molecule is Cc1ccc(OC[C@@]2(O)COCCN(C(=O)Cc3ccccn3)C2)cc1. The third-order valence-corrected chi connectivity index (χ3v) is 4.30. The quantitative estimate of drug-likeness (QED) is 0.881. The fourth-order valence-corrected chi connectivity index (χ4v) is 2.84. The smallest absolute Gasteiger partial charge is 0.228 e. The lowest BCUT2D eigenvalue weighted by molar-refractivity contribution is -0.134. The number of β-amino-alcohol motifs (C(OH)–C–C–N with tert-alkyl or cyclic N) is 1. The minimum atomic E-state index is -1.25. The van der Waals surface area contributed by atoms with Crippen LogP contribution in [-0.4, -0.2) is 59.4 Å². The molecule has 1 atom stereocenters. The molecule has 2 heterocycles. The first-order valence-corrected chi connectivity index (χ1v) is 8.71. The van der Waals surface area contributed by atoms with Crippen LogP contribution in [0.2, 0.25) is 0 Å². The highest BCUT2D eigenvalue weighted by Gasteiger charge is 2.35. The number of aromatic nitrogens is 1. The molecule has 0 radical (unpaired) electrons. The van der Waals surface area contributed by atoms with Gasteiger partial charge in [0.25, 0.3) is 0 Å². The maximum absolute atomic E-state index is 12.6. The van der Waals surface area contributed by atoms with Gasteiger partial charge in [0.15, 0.2) is 0 Å². The molecule has 1 aliphatic heterocycles. The highest BCUT2D eigenvalue weighted by atomic mass is 16.5. The van der Waals surface area contributed by atoms with Crippen molar-refractivity contribution in [2.75, 3.05) is 32.9 Å². The molecule has 1 amide bonds. The lowest BCUT2D eigenvalue weighted by Gasteiger charge is -2.30. The zero-order chi connectivity index (χ0) is 18.4. The summed E-state index contributed by atoms with van der Waals surface area (Å²) in [4.78, 5) is 18.4. The molecular formula is C20H24N2O4. The number of nitrogens with zero attached hydrogens (tertiary/aromatic N) is 2. The van der Waals surface area contributed by atoms with E-state index in [-0.39, 0.29) is 32.1 Å². The van der Waals surface area contributed by atoms with Gasteiger partial charge in [-0.25, -0.2) is 0 Å². The predicted molar refractivity (Wildman–Crippen MR) is 97.0 cm³/mol. The van der Waals surface area contributed by atoms with E-state index in [1.165, 1.54) is 0 Å². The van der Waals surface area contributed by atoms with E-state index in [9.17, 15) is 9.90 Å². The summed E-state index contributed by atoms with van der Waals surface area (Å²) in [7, 11) is 0. The molecule has 2 aromatic rings. The van der Waals surface area contributed by atoms with Crippen LogP contribution in [0.4, 0.5) is 0 Å². The number of amides is 1. The molecule has 0 spiro atoms. The maximum atomic E-state index is 12.6. The van der Waals surface area contributed by atoms with Gasteiger partial charge in [-0.3, -0.25) is 9.78 Å². The Morgan fingerprint density at radius 2 is 2.12 bits per heavy atom. The number of pyridine rings is 1. The molecule has 1 N–H and O–H groups in total. The Morgan fingerprint density at radius 3 is 2.85 bits per heavy atom. The van der Waals surface area contributed by atoms with Gasteiger partial charge in [-0.05, 0) is 31.2 Å². The molecule has 1 aromatic heterocycles. The number of carbonyl (C=O) groups excluding carboxylic acids is 1. The van der Waals surface area contributed by atoms with E-state index in [1.807, 2.05) is 49.4 Å². The molecule has 0 saturated carbocycles. The molecule has 1 aliphatic rings. The van der Waals surface area contributed by atoms with E-state index in [1.54, 1.807) is 11.1 Å². The zero-order valence-electron chi connectivity index (χ0n) is 14.9. The first-order chi connectivity index (χ1) is 12.5. The monoisotopic (exact) mass is 356 g/mol. The fourth-order valence-electron chi connectivity index (χ4n) is 2.84. The van der Waals surface area contributed by atoms with Crippen LogP contribution in [0.25, 0.3) is 0 Å². The number of benzene rings is 1. The van der Waals surface area contributed by atoms with E-state index in [0.29, 0.717) is 24.6 Å². The van der Waals surface area contributed by atoms with E-state index in [2.05, 4.69) is 4.98 Å². The number of aliphatic hydroxyl groups is 1. The van der Waals surface area contributed by atoms with Crippen molar-refractivity contribution in [2.45, 2.75) is 18.9 Å². The fraction of sp³-hybridized carbons (Fsp3) is 0.400. The van der Waals surface area contributed by atoms with Crippen LogP contribution < -0.4 is 4.74 Å². The summed E-state index contributed by atoms with van der Waals surface area (Å²) in [5.74, 6) is 0.600. The summed E-state index contributed by atoms with van der Waals surface area (Å²) in [5.41, 5.74) is 0.600. The van der Waals surface area contributed by atoms with Crippen molar-refractivity contribution in [3.63, 3.8) is 0 Å². The highest BCUT2D eigenvalue weighted by molar-refractivity contribution is 5.78. The second-order valence-electron chi connectivity index (χ2n) is 6.69. The number of carbonyl (C=O) groups is 1. The minimum Gasteiger partial charge on any atom is -0.490 e. The summed E-state index contributed by atoms with van der Waals surface area (Å²) < 4.78 is 11.2. The van der Waals surface area contributed by atoms with Crippen molar-refractivity contribution < 1.29 is 19.4 Å². The lowest BCUT2D eigenvalue weighted by atomic mass is 10.1. The van der Waals surface area contributed by atoms with E-state index in [4.69, 9.17) is 9.47 Å². The Hall–Kier alpha value is -2.44. The van der Waals surface area contributed by atoms with Crippen molar-refractivity contribution >= 4 is 5.91 Å². The van der Waals surface area contributed by atoms with Gasteiger partial charge < -0.3 is 19.5 Å². The Labute approximate surface area is 153 Å². The number of ether oxygens (including phenoxy) is 2. The molecule has 138 valence electrons. The van der Waals surface area contributed by atoms with Gasteiger partial charge in [-0.1, -0.05) is 23.8 Å². The van der Waals surface area contributed by atoms with Crippen LogP contribution in [-0.2, 0) is 16.0 Å². The summed E-state index contributed by atoms with van der Waals surface area (Å²) in [5, 5.41) is 10.9. The van der Waals surface area contributed by atoms with Crippen molar-refractivity contribution in [3.8, 4) is 5.75 Å². The summed E-state index contributed by atoms with van der Waals surface area (Å²) in [6.07, 6.45) is 1.87. The number of rotatable bonds is 5. The van der Waals surface area contributed by atoms with Crippen LogP contribution in [0.1, 0.15) is 11.3 Å². The normalized spacial score (nSPS) is 20.5. The van der Waals surface area contributed by atoms with Crippen molar-refractivity contribution in [3.05, 3.63) is 59.9 Å². The average Bonchev–Trinajstić information content (AvgIpc) is 2.84. The minimum absolute atomic E-state index is 0.0590. The predicted octanol–water partition coefficient (Wildman–Crippen LogP) is 1.60. The number of hydrogen-bond acceptors (Lipinski definition) is 5. The van der Waals surface area contributed by atoms with Crippen LogP contribution >= 0.6 is 0 Å². The van der Waals surface area contributed by atoms with Crippen LogP contribution in [0.5, 0.6) is 5.75 Å². The molecular weight excluding hydrogens is 332 g/mol. The number of aryl methyl sites for hydroxylation is 1. The summed E-state index contributed by atoms with van der Waals surface area (Å²) in [6.45, 7) is 3.20. The van der Waals surface area contributed by atoms with E-state index >= 15 is 0 Å². The molecule has 0 bridgehead atoms. The number of hydrogen-bond donors (Lipinski definition) is 1. The topological polar surface area (TPSA) is 71.9 Å². The average molecular weight is 356 g/mol. The Bertz CT molecular complexity index is 720. The summed E-state index contributed by atoms with van der Waals surface area (Å²) in [6, 6.07) is 13.1. The standard InChI is InChI=1S/C20H24N2O4/c1-16-5-7-18(8-6-16)26-15-20(24)13-22(10-11-25-14-20)19(23)12-17-4-2-3-9-21-17/h2-9,24H,10-15H2,1H3/t20-/m0/s1. The molecule has 0 aliphatic carbocycles. The van der Waals surface area contributed by atoms with Gasteiger partial charge in [-0.15, -0.1) is 0 Å². The Kier molecular flexibility index (Phi) is 5.85.